The number of para-hydroxylation sites is 1. The first-order valence-electron chi connectivity index (χ1n) is 6.45. The molecular weight excluding hydrogens is 272 g/mol. The molecule has 0 aromatic heterocycles. The van der Waals surface area contributed by atoms with Crippen molar-refractivity contribution >= 4 is 28.9 Å². The summed E-state index contributed by atoms with van der Waals surface area (Å²) in [6.45, 7) is 0. The van der Waals surface area contributed by atoms with E-state index in [0.717, 1.165) is 17.0 Å². The van der Waals surface area contributed by atoms with Crippen LogP contribution in [0.4, 0.5) is 5.69 Å². The number of hydrogen-bond acceptors (Lipinski definition) is 2. The molecule has 0 saturated carbocycles. The molecule has 1 amide bonds. The number of carbonyl (C=O) groups is 1. The lowest BCUT2D eigenvalue weighted by Crippen LogP contribution is -2.31. The van der Waals surface area contributed by atoms with Gasteiger partial charge in [-0.15, -0.1) is 0 Å². The summed E-state index contributed by atoms with van der Waals surface area (Å²) in [5, 5.41) is 6.67. The Labute approximate surface area is 122 Å². The van der Waals surface area contributed by atoms with Gasteiger partial charge < -0.3 is 0 Å². The zero-order chi connectivity index (χ0) is 13.9. The van der Waals surface area contributed by atoms with E-state index in [9.17, 15) is 4.79 Å². The SMILES string of the molecule is O=C1CCC(c2ccc(Cl)cc2)=NN1c1ccccc1. The molecule has 0 aliphatic carbocycles. The van der Waals surface area contributed by atoms with Gasteiger partial charge in [-0.25, -0.2) is 5.01 Å². The maximum Gasteiger partial charge on any atom is 0.247 e. The van der Waals surface area contributed by atoms with Gasteiger partial charge in [0.1, 0.15) is 0 Å². The second-order valence-corrected chi connectivity index (χ2v) is 5.03. The van der Waals surface area contributed by atoms with Crippen LogP contribution in [0, 0.1) is 0 Å². The number of anilines is 1. The number of hydrogen-bond donors (Lipinski definition) is 0. The van der Waals surface area contributed by atoms with Crippen molar-refractivity contribution < 1.29 is 4.79 Å². The van der Waals surface area contributed by atoms with E-state index >= 15 is 0 Å². The Bertz CT molecular complexity index is 650. The van der Waals surface area contributed by atoms with Crippen molar-refractivity contribution in [1.82, 2.24) is 0 Å². The fourth-order valence-corrected chi connectivity index (χ4v) is 2.30. The lowest BCUT2D eigenvalue weighted by molar-refractivity contribution is -0.118. The molecule has 0 spiro atoms. The highest BCUT2D eigenvalue weighted by atomic mass is 35.5. The molecule has 3 nitrogen and oxygen atoms in total. The molecule has 0 bridgehead atoms. The van der Waals surface area contributed by atoms with Crippen LogP contribution in [0.5, 0.6) is 0 Å². The summed E-state index contributed by atoms with van der Waals surface area (Å²) < 4.78 is 0. The summed E-state index contributed by atoms with van der Waals surface area (Å²) in [5.41, 5.74) is 2.71. The van der Waals surface area contributed by atoms with Gasteiger partial charge in [0.25, 0.3) is 0 Å². The molecule has 2 aromatic carbocycles. The third kappa shape index (κ3) is 2.58. The first-order valence-corrected chi connectivity index (χ1v) is 6.83. The van der Waals surface area contributed by atoms with E-state index in [1.807, 2.05) is 54.6 Å². The Morgan fingerprint density at radius 1 is 0.950 bits per heavy atom. The molecule has 0 N–H and O–H groups in total. The highest BCUT2D eigenvalue weighted by Gasteiger charge is 2.22. The lowest BCUT2D eigenvalue weighted by Gasteiger charge is -2.23. The van der Waals surface area contributed by atoms with Gasteiger partial charge in [0.2, 0.25) is 5.91 Å². The summed E-state index contributed by atoms with van der Waals surface area (Å²) in [7, 11) is 0. The van der Waals surface area contributed by atoms with Crippen molar-refractivity contribution in [2.75, 3.05) is 5.01 Å². The van der Waals surface area contributed by atoms with Gasteiger partial charge in [-0.05, 0) is 29.8 Å². The zero-order valence-corrected chi connectivity index (χ0v) is 11.5. The molecule has 100 valence electrons. The molecule has 1 aliphatic rings. The van der Waals surface area contributed by atoms with Crippen molar-refractivity contribution in [1.29, 1.82) is 0 Å². The highest BCUT2D eigenvalue weighted by molar-refractivity contribution is 6.30. The summed E-state index contributed by atoms with van der Waals surface area (Å²) in [4.78, 5) is 12.0. The van der Waals surface area contributed by atoms with Crippen LogP contribution in [0.15, 0.2) is 59.7 Å². The van der Waals surface area contributed by atoms with Crippen molar-refractivity contribution in [2.24, 2.45) is 5.10 Å². The van der Waals surface area contributed by atoms with E-state index < -0.39 is 0 Å². The number of amides is 1. The maximum absolute atomic E-state index is 12.0. The molecule has 2 aromatic rings. The number of nitrogens with zero attached hydrogens (tertiary/aromatic N) is 2. The molecular formula is C16H13ClN2O. The molecule has 0 atom stereocenters. The van der Waals surface area contributed by atoms with Gasteiger partial charge in [0.15, 0.2) is 0 Å². The second-order valence-electron chi connectivity index (χ2n) is 4.59. The lowest BCUT2D eigenvalue weighted by atomic mass is 10.0. The standard InChI is InChI=1S/C16H13ClN2O/c17-13-8-6-12(7-9-13)15-10-11-16(20)19(18-15)14-4-2-1-3-5-14/h1-9H,10-11H2. The van der Waals surface area contributed by atoms with Crippen LogP contribution in [0.3, 0.4) is 0 Å². The average molecular weight is 285 g/mol. The molecule has 4 heteroatoms. The van der Waals surface area contributed by atoms with E-state index in [-0.39, 0.29) is 5.91 Å². The number of benzene rings is 2. The van der Waals surface area contributed by atoms with Crippen molar-refractivity contribution in [3.8, 4) is 0 Å². The molecule has 1 heterocycles. The van der Waals surface area contributed by atoms with Gasteiger partial charge in [-0.3, -0.25) is 4.79 Å². The predicted octanol–water partition coefficient (Wildman–Crippen LogP) is 3.87. The van der Waals surface area contributed by atoms with E-state index in [0.29, 0.717) is 17.9 Å². The van der Waals surface area contributed by atoms with Gasteiger partial charge in [0.05, 0.1) is 11.4 Å². The Morgan fingerprint density at radius 2 is 1.65 bits per heavy atom. The largest absolute Gasteiger partial charge is 0.273 e. The summed E-state index contributed by atoms with van der Waals surface area (Å²) in [6, 6.07) is 17.0. The monoisotopic (exact) mass is 284 g/mol. The summed E-state index contributed by atoms with van der Waals surface area (Å²) >= 11 is 5.89. The smallest absolute Gasteiger partial charge is 0.247 e. The molecule has 20 heavy (non-hydrogen) atoms. The molecule has 0 unspecified atom stereocenters. The number of halogens is 1. The molecule has 3 rings (SSSR count). The van der Waals surface area contributed by atoms with Crippen molar-refractivity contribution in [3.63, 3.8) is 0 Å². The number of rotatable bonds is 2. The van der Waals surface area contributed by atoms with Crippen LogP contribution in [-0.4, -0.2) is 11.6 Å². The maximum atomic E-state index is 12.0. The van der Waals surface area contributed by atoms with Crippen LogP contribution in [0.1, 0.15) is 18.4 Å². The highest BCUT2D eigenvalue weighted by Crippen LogP contribution is 2.22. The fraction of sp³-hybridized carbons (Fsp3) is 0.125. The predicted molar refractivity (Wildman–Crippen MR) is 81.2 cm³/mol. The normalized spacial score (nSPS) is 15.2. The minimum absolute atomic E-state index is 0.0221. The van der Waals surface area contributed by atoms with Crippen LogP contribution in [-0.2, 0) is 4.79 Å². The Hall–Kier alpha value is -2.13. The van der Waals surface area contributed by atoms with Gasteiger partial charge >= 0.3 is 0 Å². The summed E-state index contributed by atoms with van der Waals surface area (Å²) in [6.07, 6.45) is 1.13. The molecule has 0 radical (unpaired) electrons. The second kappa shape index (κ2) is 5.47. The molecule has 0 saturated heterocycles. The zero-order valence-electron chi connectivity index (χ0n) is 10.8. The third-order valence-corrected chi connectivity index (χ3v) is 3.46. The third-order valence-electron chi connectivity index (χ3n) is 3.21. The van der Waals surface area contributed by atoms with Gasteiger partial charge in [-0.1, -0.05) is 41.9 Å². The van der Waals surface area contributed by atoms with Gasteiger partial charge in [-0.2, -0.15) is 5.10 Å². The van der Waals surface area contributed by atoms with E-state index in [1.165, 1.54) is 5.01 Å². The quantitative estimate of drug-likeness (QED) is 0.824. The molecule has 1 aliphatic heterocycles. The van der Waals surface area contributed by atoms with Crippen molar-refractivity contribution in [3.05, 3.63) is 65.2 Å². The van der Waals surface area contributed by atoms with Crippen LogP contribution < -0.4 is 5.01 Å². The topological polar surface area (TPSA) is 32.7 Å². The fourth-order valence-electron chi connectivity index (χ4n) is 2.17. The van der Waals surface area contributed by atoms with Crippen LogP contribution in [0.25, 0.3) is 0 Å². The Kier molecular flexibility index (Phi) is 3.52. The summed E-state index contributed by atoms with van der Waals surface area (Å²) in [5.74, 6) is 0.0221. The van der Waals surface area contributed by atoms with E-state index in [1.54, 1.807) is 0 Å². The number of carbonyl (C=O) groups excluding carboxylic acids is 1. The Balaban J connectivity index is 1.96. The minimum atomic E-state index is 0.0221. The first kappa shape index (κ1) is 12.9. The molecule has 0 fully saturated rings. The van der Waals surface area contributed by atoms with Crippen LogP contribution in [0.2, 0.25) is 5.02 Å². The van der Waals surface area contributed by atoms with Gasteiger partial charge in [0, 0.05) is 17.9 Å². The van der Waals surface area contributed by atoms with E-state index in [4.69, 9.17) is 11.6 Å². The average Bonchev–Trinajstić information content (AvgIpc) is 2.50. The van der Waals surface area contributed by atoms with E-state index in [2.05, 4.69) is 5.10 Å². The number of hydrazone groups is 1. The minimum Gasteiger partial charge on any atom is -0.273 e. The van der Waals surface area contributed by atoms with Crippen LogP contribution >= 0.6 is 11.6 Å². The Morgan fingerprint density at radius 3 is 2.35 bits per heavy atom. The first-order chi connectivity index (χ1) is 9.74. The van der Waals surface area contributed by atoms with Crippen molar-refractivity contribution in [2.45, 2.75) is 12.8 Å².